The second-order valence-electron chi connectivity index (χ2n) is 5.38. The lowest BCUT2D eigenvalue weighted by atomic mass is 10.1. The van der Waals surface area contributed by atoms with Gasteiger partial charge in [0.25, 0.3) is 0 Å². The Bertz CT molecular complexity index is 788. The highest BCUT2D eigenvalue weighted by Gasteiger charge is 2.30. The normalized spacial score (nSPS) is 19.6. The molecule has 0 bridgehead atoms. The molecule has 3 rings (SSSR count). The number of benzene rings is 2. The number of hydrogen-bond donors (Lipinski definition) is 1. The lowest BCUT2D eigenvalue weighted by molar-refractivity contribution is -0.118. The minimum Gasteiger partial charge on any atom is -0.303 e. The van der Waals surface area contributed by atoms with Gasteiger partial charge in [-0.05, 0) is 36.6 Å². The first-order valence-corrected chi connectivity index (χ1v) is 8.39. The zero-order valence-electron chi connectivity index (χ0n) is 13.1. The summed E-state index contributed by atoms with van der Waals surface area (Å²) in [5.74, 6) is -0.350. The third-order valence-corrected chi connectivity index (χ3v) is 4.67. The monoisotopic (exact) mass is 341 g/mol. The van der Waals surface area contributed by atoms with Crippen LogP contribution >= 0.6 is 11.8 Å². The number of nitrogens with one attached hydrogen (secondary N) is 1. The molecule has 2 aromatic rings. The molecule has 24 heavy (non-hydrogen) atoms. The maximum absolute atomic E-state index is 12.9. The van der Waals surface area contributed by atoms with Crippen molar-refractivity contribution in [3.63, 3.8) is 0 Å². The molecule has 0 radical (unpaired) electrons. The molecule has 1 fully saturated rings. The summed E-state index contributed by atoms with van der Waals surface area (Å²) in [4.78, 5) is 12.0. The van der Waals surface area contributed by atoms with Crippen LogP contribution in [-0.2, 0) is 11.2 Å². The van der Waals surface area contributed by atoms with Crippen LogP contribution in [0.5, 0.6) is 0 Å². The summed E-state index contributed by atoms with van der Waals surface area (Å²) in [5, 5.41) is 11.3. The van der Waals surface area contributed by atoms with Crippen LogP contribution in [0, 0.1) is 5.82 Å². The number of rotatable bonds is 4. The highest BCUT2D eigenvalue weighted by molar-refractivity contribution is 8.15. The zero-order chi connectivity index (χ0) is 16.9. The fraction of sp³-hybridized carbons (Fsp3) is 0.167. The molecular weight excluding hydrogens is 325 g/mol. The molecule has 1 amide bonds. The number of carbonyl (C=O) groups is 1. The maximum atomic E-state index is 12.9. The Morgan fingerprint density at radius 2 is 1.88 bits per heavy atom. The van der Waals surface area contributed by atoms with E-state index in [1.807, 2.05) is 30.3 Å². The van der Waals surface area contributed by atoms with Crippen LogP contribution in [0.1, 0.15) is 18.1 Å². The van der Waals surface area contributed by atoms with Gasteiger partial charge in [0.05, 0.1) is 11.0 Å². The number of carbonyl (C=O) groups excluding carboxylic acids is 1. The molecule has 2 aromatic carbocycles. The molecule has 1 heterocycles. The molecule has 4 nitrogen and oxygen atoms in total. The molecule has 1 aliphatic rings. The van der Waals surface area contributed by atoms with E-state index < -0.39 is 0 Å². The second kappa shape index (κ2) is 7.40. The van der Waals surface area contributed by atoms with Gasteiger partial charge in [-0.2, -0.15) is 5.10 Å². The number of amidine groups is 1. The molecule has 0 aromatic heterocycles. The van der Waals surface area contributed by atoms with E-state index in [0.29, 0.717) is 17.3 Å². The average Bonchev–Trinajstić information content (AvgIpc) is 2.94. The van der Waals surface area contributed by atoms with Gasteiger partial charge in [-0.25, -0.2) is 4.39 Å². The van der Waals surface area contributed by atoms with Gasteiger partial charge in [0.2, 0.25) is 5.91 Å². The van der Waals surface area contributed by atoms with Gasteiger partial charge in [0, 0.05) is 0 Å². The van der Waals surface area contributed by atoms with Crippen molar-refractivity contribution in [2.75, 3.05) is 0 Å². The van der Waals surface area contributed by atoms with E-state index in [1.165, 1.54) is 23.9 Å². The van der Waals surface area contributed by atoms with Gasteiger partial charge in [-0.1, -0.05) is 54.2 Å². The van der Waals surface area contributed by atoms with Crippen molar-refractivity contribution in [1.29, 1.82) is 0 Å². The van der Waals surface area contributed by atoms with Gasteiger partial charge < -0.3 is 5.32 Å². The first-order valence-electron chi connectivity index (χ1n) is 7.51. The summed E-state index contributed by atoms with van der Waals surface area (Å²) in [6.45, 7) is 1.79. The molecule has 1 saturated heterocycles. The first-order chi connectivity index (χ1) is 11.6. The Labute approximate surface area is 143 Å². The van der Waals surface area contributed by atoms with Crippen LogP contribution in [0.4, 0.5) is 4.39 Å². The Kier molecular flexibility index (Phi) is 5.05. The van der Waals surface area contributed by atoms with Gasteiger partial charge in [-0.3, -0.25) is 4.79 Å². The van der Waals surface area contributed by atoms with Crippen molar-refractivity contribution in [2.45, 2.75) is 18.6 Å². The summed E-state index contributed by atoms with van der Waals surface area (Å²) in [5.41, 5.74) is 2.55. The van der Waals surface area contributed by atoms with E-state index in [1.54, 1.807) is 19.1 Å². The number of halogens is 1. The minimum absolute atomic E-state index is 0.0581. The number of amides is 1. The van der Waals surface area contributed by atoms with Gasteiger partial charge in [0.15, 0.2) is 5.17 Å². The Morgan fingerprint density at radius 3 is 2.58 bits per heavy atom. The van der Waals surface area contributed by atoms with Gasteiger partial charge in [-0.15, -0.1) is 5.10 Å². The largest absolute Gasteiger partial charge is 0.303 e. The number of thioether (sulfide) groups is 1. The summed E-state index contributed by atoms with van der Waals surface area (Å²) in [7, 11) is 0. The molecule has 1 atom stereocenters. The van der Waals surface area contributed by atoms with E-state index in [9.17, 15) is 9.18 Å². The van der Waals surface area contributed by atoms with Gasteiger partial charge >= 0.3 is 0 Å². The Morgan fingerprint density at radius 1 is 1.17 bits per heavy atom. The summed E-state index contributed by atoms with van der Waals surface area (Å²) in [6, 6.07) is 15.9. The highest BCUT2D eigenvalue weighted by atomic mass is 32.2. The Balaban J connectivity index is 1.67. The third-order valence-electron chi connectivity index (χ3n) is 3.59. The van der Waals surface area contributed by atoms with Crippen LogP contribution in [0.25, 0.3) is 0 Å². The van der Waals surface area contributed by atoms with E-state index in [0.717, 1.165) is 11.1 Å². The molecule has 6 heteroatoms. The molecule has 1 aliphatic heterocycles. The fourth-order valence-electron chi connectivity index (χ4n) is 2.28. The molecule has 1 unspecified atom stereocenters. The van der Waals surface area contributed by atoms with Crippen LogP contribution in [0.2, 0.25) is 0 Å². The predicted molar refractivity (Wildman–Crippen MR) is 95.7 cm³/mol. The predicted octanol–water partition coefficient (Wildman–Crippen LogP) is 3.38. The lowest BCUT2D eigenvalue weighted by Crippen LogP contribution is -2.25. The summed E-state index contributed by atoms with van der Waals surface area (Å²) in [6.07, 6.45) is 0.650. The molecule has 122 valence electrons. The van der Waals surface area contributed by atoms with Crippen molar-refractivity contribution in [3.05, 3.63) is 71.5 Å². The first kappa shape index (κ1) is 16.4. The topological polar surface area (TPSA) is 53.8 Å². The minimum atomic E-state index is -0.291. The summed E-state index contributed by atoms with van der Waals surface area (Å²) < 4.78 is 12.9. The fourth-order valence-corrected chi connectivity index (χ4v) is 3.24. The van der Waals surface area contributed by atoms with E-state index >= 15 is 0 Å². The standard InChI is InChI=1S/C18H16FN3OS/c1-12(14-7-9-15(19)10-8-14)21-22-18-20-17(23)16(24-18)11-13-5-3-2-4-6-13/h2-10,16H,11H2,1H3,(H,20,22,23)/b21-12-. The van der Waals surface area contributed by atoms with Crippen molar-refractivity contribution in [1.82, 2.24) is 5.32 Å². The van der Waals surface area contributed by atoms with Crippen LogP contribution in [0.15, 0.2) is 64.8 Å². The SMILES string of the molecule is C/C(=N/N=C1\NC(=O)C(Cc2ccccc2)S1)c1ccc(F)cc1. The Hall–Kier alpha value is -2.47. The van der Waals surface area contributed by atoms with E-state index in [2.05, 4.69) is 15.5 Å². The smallest absolute Gasteiger partial charge is 0.239 e. The zero-order valence-corrected chi connectivity index (χ0v) is 13.9. The van der Waals surface area contributed by atoms with Crippen LogP contribution in [0.3, 0.4) is 0 Å². The van der Waals surface area contributed by atoms with E-state index in [4.69, 9.17) is 0 Å². The molecule has 0 aliphatic carbocycles. The quantitative estimate of drug-likeness (QED) is 0.685. The number of nitrogens with zero attached hydrogens (tertiary/aromatic N) is 2. The third kappa shape index (κ3) is 4.08. The highest BCUT2D eigenvalue weighted by Crippen LogP contribution is 2.23. The molecule has 1 N–H and O–H groups in total. The second-order valence-corrected chi connectivity index (χ2v) is 6.57. The molecule has 0 spiro atoms. The van der Waals surface area contributed by atoms with Crippen molar-refractivity contribution < 1.29 is 9.18 Å². The molecule has 0 saturated carbocycles. The number of hydrogen-bond acceptors (Lipinski definition) is 4. The lowest BCUT2D eigenvalue weighted by Gasteiger charge is -2.04. The summed E-state index contributed by atoms with van der Waals surface area (Å²) >= 11 is 1.38. The van der Waals surface area contributed by atoms with Gasteiger partial charge in [0.1, 0.15) is 5.82 Å². The maximum Gasteiger partial charge on any atom is 0.239 e. The molecular formula is C18H16FN3OS. The van der Waals surface area contributed by atoms with Crippen molar-refractivity contribution in [3.8, 4) is 0 Å². The van der Waals surface area contributed by atoms with Crippen molar-refractivity contribution in [2.24, 2.45) is 10.2 Å². The van der Waals surface area contributed by atoms with Crippen LogP contribution < -0.4 is 5.32 Å². The van der Waals surface area contributed by atoms with E-state index in [-0.39, 0.29) is 17.0 Å². The van der Waals surface area contributed by atoms with Crippen LogP contribution in [-0.4, -0.2) is 22.0 Å². The van der Waals surface area contributed by atoms with Crippen molar-refractivity contribution >= 4 is 28.5 Å². The average molecular weight is 341 g/mol.